The quantitative estimate of drug-likeness (QED) is 0.348. The van der Waals surface area contributed by atoms with Crippen molar-refractivity contribution in [1.82, 2.24) is 4.98 Å². The minimum atomic E-state index is -4.51. The second-order valence-corrected chi connectivity index (χ2v) is 5.88. The first-order chi connectivity index (χ1) is 14.1. The molecule has 0 bridgehead atoms. The Kier molecular flexibility index (Phi) is 5.63. The van der Waals surface area contributed by atoms with Crippen LogP contribution in [0.3, 0.4) is 0 Å². The van der Waals surface area contributed by atoms with Gasteiger partial charge in [-0.05, 0) is 36.4 Å². The first kappa shape index (κ1) is 20.7. The molecule has 0 saturated carbocycles. The Morgan fingerprint density at radius 1 is 1.07 bits per heavy atom. The molecule has 1 N–H and O–H groups in total. The van der Waals surface area contributed by atoms with Gasteiger partial charge in [0.25, 0.3) is 11.6 Å². The third kappa shape index (κ3) is 4.87. The molecule has 0 saturated heterocycles. The molecule has 1 heterocycles. The average molecular weight is 421 g/mol. The Morgan fingerprint density at radius 3 is 2.33 bits per heavy atom. The van der Waals surface area contributed by atoms with Crippen molar-refractivity contribution in [2.45, 2.75) is 6.18 Å². The summed E-state index contributed by atoms with van der Waals surface area (Å²) in [5.74, 6) is -1.46. The molecule has 1 amide bonds. The number of non-ortho nitro benzene ring substituents is 1. The van der Waals surface area contributed by atoms with Gasteiger partial charge in [-0.3, -0.25) is 14.9 Å². The zero-order valence-electron chi connectivity index (χ0n) is 14.8. The summed E-state index contributed by atoms with van der Waals surface area (Å²) in [6.07, 6.45) is -3.88. The van der Waals surface area contributed by atoms with Crippen molar-refractivity contribution >= 4 is 17.3 Å². The molecule has 2 aromatic carbocycles. The predicted octanol–water partition coefficient (Wildman–Crippen LogP) is 5.19. The molecule has 0 aliphatic carbocycles. The van der Waals surface area contributed by atoms with Crippen molar-refractivity contribution in [2.24, 2.45) is 0 Å². The zero-order chi connectivity index (χ0) is 21.9. The molecule has 1 aromatic heterocycles. The van der Waals surface area contributed by atoms with Crippen LogP contribution < -0.4 is 10.1 Å². The first-order valence-electron chi connectivity index (χ1n) is 8.20. The predicted molar refractivity (Wildman–Crippen MR) is 96.8 cm³/mol. The summed E-state index contributed by atoms with van der Waals surface area (Å²) in [5.41, 5.74) is -1.58. The number of alkyl halides is 3. The highest BCUT2D eigenvalue weighted by molar-refractivity contribution is 6.04. The average Bonchev–Trinajstić information content (AvgIpc) is 2.69. The van der Waals surface area contributed by atoms with Gasteiger partial charge in [0.2, 0.25) is 5.88 Å². The molecule has 30 heavy (non-hydrogen) atoms. The lowest BCUT2D eigenvalue weighted by Crippen LogP contribution is -2.13. The van der Waals surface area contributed by atoms with E-state index in [0.29, 0.717) is 6.20 Å². The van der Waals surface area contributed by atoms with E-state index < -0.39 is 28.4 Å². The van der Waals surface area contributed by atoms with Gasteiger partial charge >= 0.3 is 6.18 Å². The number of nitro benzene ring substituents is 1. The van der Waals surface area contributed by atoms with E-state index in [9.17, 15) is 32.5 Å². The molecule has 0 fully saturated rings. The maximum Gasteiger partial charge on any atom is 0.417 e. The molecule has 3 rings (SSSR count). The Morgan fingerprint density at radius 2 is 1.77 bits per heavy atom. The van der Waals surface area contributed by atoms with E-state index >= 15 is 0 Å². The molecule has 0 atom stereocenters. The number of nitrogens with one attached hydrogen (secondary N) is 1. The molecule has 11 heteroatoms. The minimum Gasteiger partial charge on any atom is -0.439 e. The molecular weight excluding hydrogens is 410 g/mol. The molecule has 154 valence electrons. The summed E-state index contributed by atoms with van der Waals surface area (Å²) in [6.45, 7) is 0. The number of carbonyl (C=O) groups is 1. The van der Waals surface area contributed by atoms with Crippen molar-refractivity contribution < 1.29 is 32.0 Å². The van der Waals surface area contributed by atoms with Crippen molar-refractivity contribution in [2.75, 3.05) is 5.32 Å². The number of hydrogen-bond donors (Lipinski definition) is 1. The number of amides is 1. The number of benzene rings is 2. The number of anilines is 1. The van der Waals surface area contributed by atoms with Crippen LogP contribution >= 0.6 is 0 Å². The van der Waals surface area contributed by atoms with Crippen LogP contribution in [0.1, 0.15) is 15.9 Å². The number of ether oxygens (including phenoxy) is 1. The summed E-state index contributed by atoms with van der Waals surface area (Å²) in [7, 11) is 0. The fraction of sp³-hybridized carbons (Fsp3) is 0.0526. The number of nitro groups is 1. The largest absolute Gasteiger partial charge is 0.439 e. The summed E-state index contributed by atoms with van der Waals surface area (Å²) < 4.78 is 56.7. The zero-order valence-corrected chi connectivity index (χ0v) is 14.8. The van der Waals surface area contributed by atoms with Crippen LogP contribution in [-0.2, 0) is 6.18 Å². The highest BCUT2D eigenvalue weighted by atomic mass is 19.4. The normalized spacial score (nSPS) is 11.1. The van der Waals surface area contributed by atoms with Crippen LogP contribution in [0.25, 0.3) is 0 Å². The van der Waals surface area contributed by atoms with Crippen LogP contribution in [0.5, 0.6) is 11.6 Å². The van der Waals surface area contributed by atoms with Crippen LogP contribution in [0, 0.1) is 15.9 Å². The Balaban J connectivity index is 1.69. The molecule has 0 unspecified atom stereocenters. The van der Waals surface area contributed by atoms with E-state index in [-0.39, 0.29) is 28.6 Å². The van der Waals surface area contributed by atoms with Crippen LogP contribution in [0.15, 0.2) is 60.8 Å². The highest BCUT2D eigenvalue weighted by Gasteiger charge is 2.30. The van der Waals surface area contributed by atoms with Crippen LogP contribution in [-0.4, -0.2) is 15.8 Å². The van der Waals surface area contributed by atoms with Gasteiger partial charge in [0.1, 0.15) is 11.6 Å². The molecule has 0 spiro atoms. The first-order valence-corrected chi connectivity index (χ1v) is 8.20. The summed E-state index contributed by atoms with van der Waals surface area (Å²) in [6, 6.07) is 9.95. The molecule has 3 aromatic rings. The fourth-order valence-corrected chi connectivity index (χ4v) is 2.32. The molecule has 7 nitrogen and oxygen atoms in total. The summed E-state index contributed by atoms with van der Waals surface area (Å²) in [4.78, 5) is 25.9. The number of carbonyl (C=O) groups excluding carboxylic acids is 1. The number of nitrogens with zero attached hydrogens (tertiary/aromatic N) is 2. The van der Waals surface area contributed by atoms with E-state index in [2.05, 4.69) is 10.3 Å². The SMILES string of the molecule is O=C(Nc1cc([N+](=O)[O-])ccc1F)c1ccc(Oc2ccc(C(F)(F)F)cn2)cc1. The Hall–Kier alpha value is -4.02. The lowest BCUT2D eigenvalue weighted by atomic mass is 10.2. The lowest BCUT2D eigenvalue weighted by Gasteiger charge is -2.09. The molecule has 0 aliphatic rings. The van der Waals surface area contributed by atoms with Crippen LogP contribution in [0.4, 0.5) is 28.9 Å². The fourth-order valence-electron chi connectivity index (χ4n) is 2.32. The van der Waals surface area contributed by atoms with E-state index in [1.807, 2.05) is 0 Å². The highest BCUT2D eigenvalue weighted by Crippen LogP contribution is 2.30. The standard InChI is InChI=1S/C19H11F4N3O4/c20-15-7-4-13(26(28)29)9-16(15)25-18(27)11-1-5-14(6-2-11)30-17-8-3-12(10-24-17)19(21,22)23/h1-10H,(H,25,27). The van der Waals surface area contributed by atoms with Crippen molar-refractivity contribution in [3.05, 3.63) is 87.9 Å². The monoisotopic (exact) mass is 421 g/mol. The topological polar surface area (TPSA) is 94.4 Å². The molecule has 0 radical (unpaired) electrons. The van der Waals surface area contributed by atoms with Crippen LogP contribution in [0.2, 0.25) is 0 Å². The molecule has 0 aliphatic heterocycles. The number of pyridine rings is 1. The third-order valence-electron chi connectivity index (χ3n) is 3.81. The van der Waals surface area contributed by atoms with Crippen molar-refractivity contribution in [1.29, 1.82) is 0 Å². The van der Waals surface area contributed by atoms with Gasteiger partial charge in [-0.25, -0.2) is 9.37 Å². The number of rotatable bonds is 5. The Bertz CT molecular complexity index is 1080. The van der Waals surface area contributed by atoms with E-state index in [0.717, 1.165) is 30.3 Å². The maximum absolute atomic E-state index is 13.8. The summed E-state index contributed by atoms with van der Waals surface area (Å²) in [5, 5.41) is 13.0. The number of hydrogen-bond acceptors (Lipinski definition) is 5. The second kappa shape index (κ2) is 8.15. The van der Waals surface area contributed by atoms with Gasteiger partial charge in [-0.1, -0.05) is 0 Å². The van der Waals surface area contributed by atoms with E-state index in [1.54, 1.807) is 0 Å². The second-order valence-electron chi connectivity index (χ2n) is 5.88. The van der Waals surface area contributed by atoms with Gasteiger partial charge in [0.15, 0.2) is 0 Å². The Labute approximate surface area is 166 Å². The summed E-state index contributed by atoms with van der Waals surface area (Å²) >= 11 is 0. The van der Waals surface area contributed by atoms with Gasteiger partial charge in [0, 0.05) is 30.0 Å². The van der Waals surface area contributed by atoms with E-state index in [1.165, 1.54) is 24.3 Å². The van der Waals surface area contributed by atoms with Gasteiger partial charge in [0.05, 0.1) is 16.2 Å². The maximum atomic E-state index is 13.8. The smallest absolute Gasteiger partial charge is 0.417 e. The minimum absolute atomic E-state index is 0.0844. The lowest BCUT2D eigenvalue weighted by molar-refractivity contribution is -0.384. The van der Waals surface area contributed by atoms with Gasteiger partial charge in [-0.15, -0.1) is 0 Å². The van der Waals surface area contributed by atoms with Crippen molar-refractivity contribution in [3.63, 3.8) is 0 Å². The number of aromatic nitrogens is 1. The van der Waals surface area contributed by atoms with Gasteiger partial charge < -0.3 is 10.1 Å². The third-order valence-corrected chi connectivity index (χ3v) is 3.81. The van der Waals surface area contributed by atoms with Gasteiger partial charge in [-0.2, -0.15) is 13.2 Å². The molecular formula is C19H11F4N3O4. The number of halogens is 4. The van der Waals surface area contributed by atoms with Crippen molar-refractivity contribution in [3.8, 4) is 11.6 Å². The van der Waals surface area contributed by atoms with E-state index in [4.69, 9.17) is 4.74 Å².